The minimum atomic E-state index is -5.01. The highest BCUT2D eigenvalue weighted by atomic mass is 31.2. The first-order chi connectivity index (χ1) is 49.7. The van der Waals surface area contributed by atoms with Gasteiger partial charge in [-0.2, -0.15) is 0 Å². The number of unbranched alkanes of at least 4 members (excludes halogenated alkanes) is 22. The Morgan fingerprint density at radius 1 is 0.284 bits per heavy atom. The van der Waals surface area contributed by atoms with Crippen molar-refractivity contribution in [3.63, 3.8) is 0 Å². The zero-order valence-corrected chi connectivity index (χ0v) is 65.3. The average Bonchev–Trinajstić information content (AvgIpc) is 0.923. The molecule has 5 unspecified atom stereocenters. The lowest BCUT2D eigenvalue weighted by Crippen LogP contribution is -2.30. The fourth-order valence-electron chi connectivity index (χ4n) is 9.86. The molecule has 102 heavy (non-hydrogen) atoms. The Labute approximate surface area is 617 Å². The molecular formula is C83H138O17P2. The van der Waals surface area contributed by atoms with Gasteiger partial charge >= 0.3 is 39.5 Å². The number of ether oxygens (including phenoxy) is 4. The first kappa shape index (κ1) is 96.9. The van der Waals surface area contributed by atoms with Crippen molar-refractivity contribution in [2.75, 3.05) is 39.6 Å². The van der Waals surface area contributed by atoms with E-state index in [1.54, 1.807) is 0 Å². The lowest BCUT2D eigenvalue weighted by atomic mass is 10.1. The smallest absolute Gasteiger partial charge is 0.462 e. The van der Waals surface area contributed by atoms with Gasteiger partial charge in [-0.1, -0.05) is 257 Å². The van der Waals surface area contributed by atoms with Crippen LogP contribution in [0.3, 0.4) is 0 Å². The Bertz CT molecular complexity index is 2510. The zero-order valence-electron chi connectivity index (χ0n) is 63.5. The molecule has 0 saturated carbocycles. The molecule has 0 heterocycles. The molecule has 0 radical (unpaired) electrons. The topological polar surface area (TPSA) is 237 Å². The minimum absolute atomic E-state index is 0.0255. The fraction of sp³-hybridized carbons (Fsp3) is 0.663. The summed E-state index contributed by atoms with van der Waals surface area (Å²) in [5.74, 6) is -2.32. The summed E-state index contributed by atoms with van der Waals surface area (Å²) >= 11 is 0. The molecule has 0 bridgehead atoms. The van der Waals surface area contributed by atoms with Crippen molar-refractivity contribution in [2.45, 2.75) is 316 Å². The number of esters is 4. The maximum absolute atomic E-state index is 13.1. The standard InChI is InChI=1S/C83H138O17P2/c1-5-9-13-17-21-25-29-33-37-38-42-44-48-52-56-60-64-68-81(86)94-74-79(100-83(88)70-66-62-58-54-50-46-41-36-32-28-24-20-16-12-8-4)76-98-102(91,92)96-72-77(84)71-95-101(89,90)97-75-78(99-82(87)69-65-61-57-53-49-45-40-35-31-27-23-19-15-11-7-3)73-93-80(85)67-63-59-55-51-47-43-39-34-30-26-22-18-14-10-6-2/h9,12-13,16,21-22,24-26,28,33-37,39-42,44,50,52,54,56,77-79,84H,5-8,10-11,14-15,17-20,23,27,29-32,38,43,45-49,51,53,55,57-76H2,1-4H3,(H,89,90)(H,91,92)/b13-9-,16-12-,25-21-,26-22-,28-24-,37-33-,39-34-,40-35-,41-36-,44-42-,54-50-,56-52-. The van der Waals surface area contributed by atoms with Gasteiger partial charge in [-0.05, 0) is 161 Å². The van der Waals surface area contributed by atoms with E-state index >= 15 is 0 Å². The number of carbonyl (C=O) groups is 4. The first-order valence-corrected chi connectivity index (χ1v) is 42.1. The summed E-state index contributed by atoms with van der Waals surface area (Å²) in [6.07, 6.45) is 84.1. The Morgan fingerprint density at radius 3 is 0.873 bits per heavy atom. The second kappa shape index (κ2) is 74.2. The van der Waals surface area contributed by atoms with E-state index in [0.29, 0.717) is 38.5 Å². The van der Waals surface area contributed by atoms with Crippen LogP contribution in [0.5, 0.6) is 0 Å². The molecule has 17 nitrogen and oxygen atoms in total. The summed E-state index contributed by atoms with van der Waals surface area (Å²) in [4.78, 5) is 72.9. The van der Waals surface area contributed by atoms with Gasteiger partial charge in [-0.15, -0.1) is 0 Å². The largest absolute Gasteiger partial charge is 0.472 e. The maximum atomic E-state index is 13.1. The molecule has 0 spiro atoms. The molecule has 5 atom stereocenters. The van der Waals surface area contributed by atoms with Crippen LogP contribution in [-0.4, -0.2) is 96.7 Å². The van der Waals surface area contributed by atoms with Crippen LogP contribution in [0.25, 0.3) is 0 Å². The Hall–Kier alpha value is -5.06. The van der Waals surface area contributed by atoms with Gasteiger partial charge in [0, 0.05) is 25.7 Å². The number of carbonyl (C=O) groups excluding carboxylic acids is 4. The number of phosphoric ester groups is 2. The predicted molar refractivity (Wildman–Crippen MR) is 417 cm³/mol. The van der Waals surface area contributed by atoms with Crippen molar-refractivity contribution in [2.24, 2.45) is 0 Å². The van der Waals surface area contributed by atoms with Gasteiger partial charge in [0.25, 0.3) is 0 Å². The second-order valence-corrected chi connectivity index (χ2v) is 28.4. The van der Waals surface area contributed by atoms with Crippen LogP contribution in [0.15, 0.2) is 146 Å². The van der Waals surface area contributed by atoms with Crippen molar-refractivity contribution < 1.29 is 80.2 Å². The molecule has 0 amide bonds. The number of hydrogen-bond acceptors (Lipinski definition) is 15. The number of aliphatic hydroxyl groups is 1. The molecule has 0 aliphatic carbocycles. The summed E-state index contributed by atoms with van der Waals surface area (Å²) < 4.78 is 68.4. The molecule has 0 aliphatic heterocycles. The minimum Gasteiger partial charge on any atom is -0.462 e. The molecule has 0 aromatic carbocycles. The highest BCUT2D eigenvalue weighted by molar-refractivity contribution is 7.47. The summed E-state index contributed by atoms with van der Waals surface area (Å²) in [5.41, 5.74) is 0. The second-order valence-electron chi connectivity index (χ2n) is 25.5. The monoisotopic (exact) mass is 1470 g/mol. The summed E-state index contributed by atoms with van der Waals surface area (Å²) in [5, 5.41) is 10.6. The van der Waals surface area contributed by atoms with Crippen LogP contribution >= 0.6 is 15.6 Å². The van der Waals surface area contributed by atoms with E-state index in [0.717, 1.165) is 148 Å². The van der Waals surface area contributed by atoms with Crippen molar-refractivity contribution in [1.82, 2.24) is 0 Å². The number of aliphatic hydroxyl groups excluding tert-OH is 1. The first-order valence-electron chi connectivity index (χ1n) is 39.1. The molecular weight excluding hydrogens is 1330 g/mol. The molecule has 0 saturated heterocycles. The number of hydrogen-bond donors (Lipinski definition) is 3. The highest BCUT2D eigenvalue weighted by Crippen LogP contribution is 2.45. The van der Waals surface area contributed by atoms with E-state index < -0.39 is 97.5 Å². The number of allylic oxidation sites excluding steroid dienone is 24. The van der Waals surface area contributed by atoms with Crippen molar-refractivity contribution in [1.29, 1.82) is 0 Å². The quantitative estimate of drug-likeness (QED) is 0.0169. The van der Waals surface area contributed by atoms with E-state index in [1.165, 1.54) is 57.8 Å². The Balaban J connectivity index is 5.47. The fourth-order valence-corrected chi connectivity index (χ4v) is 11.4. The van der Waals surface area contributed by atoms with Crippen molar-refractivity contribution >= 4 is 39.5 Å². The zero-order chi connectivity index (χ0) is 74.6. The van der Waals surface area contributed by atoms with Gasteiger partial charge in [0.15, 0.2) is 12.2 Å². The summed E-state index contributed by atoms with van der Waals surface area (Å²) in [7, 11) is -10.00. The molecule has 0 rings (SSSR count). The van der Waals surface area contributed by atoms with Crippen LogP contribution in [0.2, 0.25) is 0 Å². The molecule has 0 aromatic heterocycles. The van der Waals surface area contributed by atoms with Gasteiger partial charge in [0.1, 0.15) is 19.3 Å². The van der Waals surface area contributed by atoms with Crippen molar-refractivity contribution in [3.8, 4) is 0 Å². The van der Waals surface area contributed by atoms with Gasteiger partial charge in [-0.25, -0.2) is 9.13 Å². The highest BCUT2D eigenvalue weighted by Gasteiger charge is 2.30. The summed E-state index contributed by atoms with van der Waals surface area (Å²) in [6.45, 7) is 4.47. The maximum Gasteiger partial charge on any atom is 0.472 e. The van der Waals surface area contributed by atoms with E-state index in [4.69, 9.17) is 37.0 Å². The lowest BCUT2D eigenvalue weighted by Gasteiger charge is -2.21. The lowest BCUT2D eigenvalue weighted by molar-refractivity contribution is -0.161. The Kier molecular flexibility index (Phi) is 70.5. The third-order valence-electron chi connectivity index (χ3n) is 15.8. The molecule has 3 N–H and O–H groups in total. The van der Waals surface area contributed by atoms with Gasteiger partial charge in [0.2, 0.25) is 0 Å². The van der Waals surface area contributed by atoms with Crippen LogP contribution in [-0.2, 0) is 65.4 Å². The molecule has 0 fully saturated rings. The van der Waals surface area contributed by atoms with Crippen LogP contribution in [0.4, 0.5) is 0 Å². The molecule has 582 valence electrons. The van der Waals surface area contributed by atoms with E-state index in [2.05, 4.69) is 161 Å². The molecule has 0 aromatic rings. The predicted octanol–water partition coefficient (Wildman–Crippen LogP) is 22.7. The summed E-state index contributed by atoms with van der Waals surface area (Å²) in [6, 6.07) is 0. The van der Waals surface area contributed by atoms with Gasteiger partial charge < -0.3 is 33.8 Å². The molecule has 19 heteroatoms. The normalized spacial score (nSPS) is 14.7. The van der Waals surface area contributed by atoms with Gasteiger partial charge in [0.05, 0.1) is 26.4 Å². The SMILES string of the molecule is CC/C=C\C/C=C\C/C=C\C/C=C\C/C=C\CCCC(=O)OCC(COP(=O)(O)OCC(O)COP(=O)(O)OCC(COC(=O)CCCCCCC/C=C\C/C=C\CCCCC)OC(=O)CCCCCCC/C=C\CCCCCCCC)OC(=O)CCCC/C=C\C/C=C\C/C=C\C/C=C\CC. The van der Waals surface area contributed by atoms with Crippen LogP contribution in [0.1, 0.15) is 297 Å². The third-order valence-corrected chi connectivity index (χ3v) is 17.7. The van der Waals surface area contributed by atoms with Crippen molar-refractivity contribution in [3.05, 3.63) is 146 Å². The Morgan fingerprint density at radius 2 is 0.520 bits per heavy atom. The number of phosphoric acid groups is 2. The van der Waals surface area contributed by atoms with E-state index in [-0.39, 0.29) is 25.7 Å². The number of rotatable bonds is 72. The van der Waals surface area contributed by atoms with E-state index in [1.807, 2.05) is 12.2 Å². The van der Waals surface area contributed by atoms with E-state index in [9.17, 15) is 43.2 Å². The van der Waals surface area contributed by atoms with Crippen LogP contribution in [0, 0.1) is 0 Å². The molecule has 0 aliphatic rings. The third kappa shape index (κ3) is 73.3. The van der Waals surface area contributed by atoms with Gasteiger partial charge in [-0.3, -0.25) is 37.3 Å². The average molecular weight is 1470 g/mol. The van der Waals surface area contributed by atoms with Crippen LogP contribution < -0.4 is 0 Å².